The Balaban J connectivity index is 1.12. The number of piperidine rings is 2. The van der Waals surface area contributed by atoms with Crippen LogP contribution in [0.15, 0.2) is 42.5 Å². The molecule has 0 bridgehead atoms. The Labute approximate surface area is 290 Å². The minimum atomic E-state index is -4.71. The summed E-state index contributed by atoms with van der Waals surface area (Å²) in [6.07, 6.45) is -2.91. The number of nitrogens with one attached hydrogen (secondary N) is 2. The van der Waals surface area contributed by atoms with Gasteiger partial charge in [-0.05, 0) is 86.5 Å². The van der Waals surface area contributed by atoms with E-state index in [0.717, 1.165) is 68.8 Å². The molecule has 3 fully saturated rings. The third-order valence-corrected chi connectivity index (χ3v) is 10.4. The number of likely N-dealkylation sites (tertiary alicyclic amines) is 2. The van der Waals surface area contributed by atoms with Gasteiger partial charge in [-0.2, -0.15) is 13.2 Å². The van der Waals surface area contributed by atoms with Gasteiger partial charge in [-0.1, -0.05) is 24.3 Å². The maximum Gasteiger partial charge on any atom is 0.416 e. The number of rotatable bonds is 7. The van der Waals surface area contributed by atoms with Gasteiger partial charge in [-0.3, -0.25) is 9.69 Å². The summed E-state index contributed by atoms with van der Waals surface area (Å²) in [5, 5.41) is 6.38. The van der Waals surface area contributed by atoms with Crippen LogP contribution in [0.1, 0.15) is 54.4 Å². The van der Waals surface area contributed by atoms with Gasteiger partial charge in [0.15, 0.2) is 6.10 Å². The van der Waals surface area contributed by atoms with E-state index in [4.69, 9.17) is 4.74 Å². The molecule has 0 aromatic heterocycles. The summed E-state index contributed by atoms with van der Waals surface area (Å²) in [6.45, 7) is 4.66. The molecule has 0 unspecified atom stereocenters. The Kier molecular flexibility index (Phi) is 11.5. The zero-order chi connectivity index (χ0) is 35.3. The second-order valence-electron chi connectivity index (χ2n) is 13.7. The molecule has 4 heterocycles. The number of halogens is 4. The second-order valence-corrected chi connectivity index (χ2v) is 13.7. The number of hydrogen-bond donors (Lipinski definition) is 2. The van der Waals surface area contributed by atoms with E-state index < -0.39 is 36.5 Å². The highest BCUT2D eigenvalue weighted by Gasteiger charge is 2.37. The highest BCUT2D eigenvalue weighted by atomic mass is 19.4. The molecule has 4 amide bonds. The lowest BCUT2D eigenvalue weighted by atomic mass is 9.98. The monoisotopic (exact) mass is 702 g/mol. The summed E-state index contributed by atoms with van der Waals surface area (Å²) in [7, 11) is 0. The molecule has 6 rings (SSSR count). The number of hydrogen-bond acceptors (Lipinski definition) is 6. The molecule has 0 radical (unpaired) electrons. The molecule has 2 aromatic rings. The highest BCUT2D eigenvalue weighted by Crippen LogP contribution is 2.32. The van der Waals surface area contributed by atoms with E-state index >= 15 is 0 Å². The fourth-order valence-electron chi connectivity index (χ4n) is 7.70. The van der Waals surface area contributed by atoms with Crippen molar-refractivity contribution < 1.29 is 36.7 Å². The fourth-order valence-corrected chi connectivity index (χ4v) is 7.70. The van der Waals surface area contributed by atoms with Crippen LogP contribution in [-0.2, 0) is 35.2 Å². The van der Waals surface area contributed by atoms with Crippen molar-refractivity contribution in [1.82, 2.24) is 24.9 Å². The van der Waals surface area contributed by atoms with E-state index in [1.54, 1.807) is 9.80 Å². The van der Waals surface area contributed by atoms with Crippen LogP contribution in [0.25, 0.3) is 0 Å². The van der Waals surface area contributed by atoms with Gasteiger partial charge in [0.2, 0.25) is 0 Å². The van der Waals surface area contributed by atoms with E-state index in [0.29, 0.717) is 44.9 Å². The number of urea groups is 1. The van der Waals surface area contributed by atoms with Crippen molar-refractivity contribution in [3.63, 3.8) is 0 Å². The highest BCUT2D eigenvalue weighted by molar-refractivity contribution is 5.91. The molecule has 10 nitrogen and oxygen atoms in total. The minimum absolute atomic E-state index is 0.0671. The van der Waals surface area contributed by atoms with Crippen molar-refractivity contribution in [3.05, 3.63) is 64.7 Å². The van der Waals surface area contributed by atoms with Crippen molar-refractivity contribution in [2.75, 3.05) is 64.2 Å². The summed E-state index contributed by atoms with van der Waals surface area (Å²) in [4.78, 5) is 48.0. The predicted molar refractivity (Wildman–Crippen MR) is 179 cm³/mol. The van der Waals surface area contributed by atoms with Crippen molar-refractivity contribution in [3.8, 4) is 0 Å². The molecule has 0 saturated carbocycles. The van der Waals surface area contributed by atoms with E-state index in [-0.39, 0.29) is 42.7 Å². The average molecular weight is 703 g/mol. The molecule has 4 aliphatic heterocycles. The minimum Gasteiger partial charge on any atom is -0.436 e. The van der Waals surface area contributed by atoms with Crippen molar-refractivity contribution in [2.24, 2.45) is 0 Å². The van der Waals surface area contributed by atoms with Crippen LogP contribution in [0.2, 0.25) is 0 Å². The zero-order valence-electron chi connectivity index (χ0n) is 28.2. The van der Waals surface area contributed by atoms with Gasteiger partial charge in [0, 0.05) is 70.0 Å². The SMILES string of the molecule is O=C(O[C@H](Cc1cc(CF)cc(C(F)(F)F)c1)C(=O)N1CCC(N2CCCNCC2)CC1)N1CCC(N2CCc3ccccc3NC2=O)CC1. The number of anilines is 1. The summed E-state index contributed by atoms with van der Waals surface area (Å²) in [6, 6.07) is 10.6. The predicted octanol–water partition coefficient (Wildman–Crippen LogP) is 5.06. The Hall–Kier alpha value is -3.91. The number of alkyl halides is 4. The second kappa shape index (κ2) is 16.0. The van der Waals surface area contributed by atoms with Gasteiger partial charge in [0.25, 0.3) is 5.91 Å². The van der Waals surface area contributed by atoms with E-state index in [2.05, 4.69) is 15.5 Å². The van der Waals surface area contributed by atoms with Crippen LogP contribution >= 0.6 is 0 Å². The first-order valence-corrected chi connectivity index (χ1v) is 17.7. The van der Waals surface area contributed by atoms with Gasteiger partial charge in [-0.15, -0.1) is 0 Å². The molecule has 14 heteroatoms. The molecule has 2 aromatic carbocycles. The number of benzene rings is 2. The largest absolute Gasteiger partial charge is 0.436 e. The number of carbonyl (C=O) groups excluding carboxylic acids is 3. The number of para-hydroxylation sites is 1. The molecule has 50 heavy (non-hydrogen) atoms. The fraction of sp³-hybridized carbons (Fsp3) is 0.583. The Morgan fingerprint density at radius 2 is 1.56 bits per heavy atom. The van der Waals surface area contributed by atoms with Crippen LogP contribution < -0.4 is 10.6 Å². The van der Waals surface area contributed by atoms with Crippen molar-refractivity contribution >= 4 is 23.7 Å². The van der Waals surface area contributed by atoms with Crippen LogP contribution in [0.3, 0.4) is 0 Å². The third kappa shape index (κ3) is 8.68. The molecule has 4 aliphatic rings. The lowest BCUT2D eigenvalue weighted by molar-refractivity contribution is -0.142. The number of nitrogens with zero attached hydrogens (tertiary/aromatic N) is 4. The number of fused-ring (bicyclic) bond motifs is 1. The van der Waals surface area contributed by atoms with E-state index in [1.807, 2.05) is 24.3 Å². The Morgan fingerprint density at radius 3 is 2.30 bits per heavy atom. The zero-order valence-corrected chi connectivity index (χ0v) is 28.2. The molecule has 0 aliphatic carbocycles. The van der Waals surface area contributed by atoms with Gasteiger partial charge in [0.1, 0.15) is 6.67 Å². The third-order valence-electron chi connectivity index (χ3n) is 10.4. The molecule has 2 N–H and O–H groups in total. The standard InChI is InChI=1S/C36H46F4N6O4/c37-24-26-20-25(21-28(22-26)36(38,39)40)23-32(33(47)44-14-7-29(8-15-44)43-13-3-11-41-12-19-43)50-35(49)45-16-9-30(10-17-45)46-18-6-27-4-1-2-5-31(27)42-34(46)48/h1-2,4-5,20-22,29-30,32,41H,3,6-19,23-24H2,(H,42,48)/t32-/m1/s1. The number of carbonyl (C=O) groups is 3. The van der Waals surface area contributed by atoms with Gasteiger partial charge in [-0.25, -0.2) is 14.0 Å². The maximum absolute atomic E-state index is 14.0. The lowest BCUT2D eigenvalue weighted by Crippen LogP contribution is -2.52. The molecular formula is C36H46F4N6O4. The average Bonchev–Trinajstić information content (AvgIpc) is 3.50. The Morgan fingerprint density at radius 1 is 0.860 bits per heavy atom. The number of amides is 4. The first-order chi connectivity index (χ1) is 24.1. The van der Waals surface area contributed by atoms with Crippen molar-refractivity contribution in [1.29, 1.82) is 0 Å². The van der Waals surface area contributed by atoms with E-state index in [9.17, 15) is 31.9 Å². The summed E-state index contributed by atoms with van der Waals surface area (Å²) in [5.41, 5.74) is 0.735. The topological polar surface area (TPSA) is 97.5 Å². The van der Waals surface area contributed by atoms with Crippen LogP contribution in [0, 0.1) is 0 Å². The van der Waals surface area contributed by atoms with Gasteiger partial charge in [0.05, 0.1) is 5.56 Å². The summed E-state index contributed by atoms with van der Waals surface area (Å²) < 4.78 is 60.6. The van der Waals surface area contributed by atoms with Gasteiger partial charge < -0.3 is 30.1 Å². The molecule has 272 valence electrons. The van der Waals surface area contributed by atoms with Crippen molar-refractivity contribution in [2.45, 2.75) is 76.0 Å². The molecule has 1 atom stereocenters. The molecule has 0 spiro atoms. The summed E-state index contributed by atoms with van der Waals surface area (Å²) >= 11 is 0. The van der Waals surface area contributed by atoms with E-state index in [1.165, 1.54) is 11.0 Å². The van der Waals surface area contributed by atoms with Crippen LogP contribution in [0.4, 0.5) is 32.8 Å². The lowest BCUT2D eigenvalue weighted by Gasteiger charge is -2.40. The Bertz CT molecular complexity index is 1500. The maximum atomic E-state index is 14.0. The molecular weight excluding hydrogens is 656 g/mol. The first kappa shape index (κ1) is 35.9. The normalized spacial score (nSPS) is 20.8. The quantitative estimate of drug-likeness (QED) is 0.392. The smallest absolute Gasteiger partial charge is 0.416 e. The van der Waals surface area contributed by atoms with Crippen LogP contribution in [-0.4, -0.2) is 115 Å². The summed E-state index contributed by atoms with van der Waals surface area (Å²) in [5.74, 6) is -0.468. The van der Waals surface area contributed by atoms with Crippen LogP contribution in [0.5, 0.6) is 0 Å². The van der Waals surface area contributed by atoms with Gasteiger partial charge >= 0.3 is 18.3 Å². The first-order valence-electron chi connectivity index (χ1n) is 17.7. The number of ether oxygens (including phenoxy) is 1. The molecule has 3 saturated heterocycles.